The highest BCUT2D eigenvalue weighted by Crippen LogP contribution is 2.43. The van der Waals surface area contributed by atoms with E-state index in [0.29, 0.717) is 0 Å². The van der Waals surface area contributed by atoms with Gasteiger partial charge in [0.2, 0.25) is 0 Å². The summed E-state index contributed by atoms with van der Waals surface area (Å²) >= 11 is 0. The Kier molecular flexibility index (Phi) is 13.6. The van der Waals surface area contributed by atoms with Gasteiger partial charge in [-0.25, -0.2) is 0 Å². The van der Waals surface area contributed by atoms with Crippen LogP contribution in [0.2, 0.25) is 0 Å². The van der Waals surface area contributed by atoms with Gasteiger partial charge in [0, 0.05) is 0 Å². The van der Waals surface area contributed by atoms with Crippen molar-refractivity contribution in [3.63, 3.8) is 0 Å². The maximum atomic E-state index is 2.50. The number of aryl methyl sites for hydroxylation is 1. The third-order valence-corrected chi connectivity index (χ3v) is 11.5. The van der Waals surface area contributed by atoms with Crippen LogP contribution >= 0.6 is 0 Å². The number of rotatable bonds is 15. The van der Waals surface area contributed by atoms with Crippen molar-refractivity contribution >= 4 is 0 Å². The van der Waals surface area contributed by atoms with Gasteiger partial charge in [-0.05, 0) is 111 Å². The molecule has 0 saturated heterocycles. The summed E-state index contributed by atoms with van der Waals surface area (Å²) in [6, 6.07) is 9.96. The highest BCUT2D eigenvalue weighted by atomic mass is 14.4. The van der Waals surface area contributed by atoms with Crippen LogP contribution in [0.25, 0.3) is 0 Å². The van der Waals surface area contributed by atoms with E-state index >= 15 is 0 Å². The van der Waals surface area contributed by atoms with Crippen LogP contribution in [0, 0.1) is 29.6 Å². The third-order valence-electron chi connectivity index (χ3n) is 11.5. The fraction of sp³-hybridized carbons (Fsp3) is 0.842. The van der Waals surface area contributed by atoms with Crippen molar-refractivity contribution in [3.8, 4) is 0 Å². The smallest absolute Gasteiger partial charge is 0.0162 e. The zero-order valence-corrected chi connectivity index (χ0v) is 25.7. The first-order valence-electron chi connectivity index (χ1n) is 17.8. The van der Waals surface area contributed by atoms with Gasteiger partial charge in [-0.2, -0.15) is 0 Å². The normalized spacial score (nSPS) is 30.4. The van der Waals surface area contributed by atoms with Crippen molar-refractivity contribution in [1.29, 1.82) is 0 Å². The molecule has 1 aromatic carbocycles. The molecule has 216 valence electrons. The molecule has 0 heterocycles. The maximum absolute atomic E-state index is 2.50. The van der Waals surface area contributed by atoms with E-state index in [1.165, 1.54) is 128 Å². The molecule has 3 aliphatic carbocycles. The van der Waals surface area contributed by atoms with Crippen LogP contribution in [0.3, 0.4) is 0 Å². The van der Waals surface area contributed by atoms with E-state index in [1.54, 1.807) is 36.8 Å². The molecule has 3 aliphatic rings. The average molecular weight is 521 g/mol. The fourth-order valence-electron chi connectivity index (χ4n) is 8.73. The fourth-order valence-corrected chi connectivity index (χ4v) is 8.73. The molecule has 0 nitrogen and oxygen atoms in total. The van der Waals surface area contributed by atoms with Gasteiger partial charge in [-0.3, -0.25) is 0 Å². The van der Waals surface area contributed by atoms with Crippen LogP contribution in [0.1, 0.15) is 179 Å². The Morgan fingerprint density at radius 3 is 1.47 bits per heavy atom. The molecule has 0 aliphatic heterocycles. The van der Waals surface area contributed by atoms with Gasteiger partial charge >= 0.3 is 0 Å². The molecule has 3 fully saturated rings. The van der Waals surface area contributed by atoms with Gasteiger partial charge in [0.05, 0.1) is 0 Å². The van der Waals surface area contributed by atoms with Crippen molar-refractivity contribution in [2.24, 2.45) is 29.6 Å². The summed E-state index contributed by atoms with van der Waals surface area (Å²) in [7, 11) is 0. The lowest BCUT2D eigenvalue weighted by Crippen LogP contribution is -2.26. The molecule has 0 unspecified atom stereocenters. The first kappa shape index (κ1) is 30.2. The Balaban J connectivity index is 1.07. The molecule has 1 aromatic rings. The second-order valence-electron chi connectivity index (χ2n) is 14.3. The summed E-state index contributed by atoms with van der Waals surface area (Å²) < 4.78 is 0. The van der Waals surface area contributed by atoms with Gasteiger partial charge < -0.3 is 0 Å². The van der Waals surface area contributed by atoms with E-state index in [-0.39, 0.29) is 0 Å². The average Bonchev–Trinajstić information content (AvgIpc) is 2.97. The van der Waals surface area contributed by atoms with Crippen molar-refractivity contribution in [2.75, 3.05) is 0 Å². The Bertz CT molecular complexity index is 707. The Morgan fingerprint density at radius 2 is 0.921 bits per heavy atom. The number of hydrogen-bond donors (Lipinski definition) is 0. The lowest BCUT2D eigenvalue weighted by Gasteiger charge is -2.38. The monoisotopic (exact) mass is 521 g/mol. The number of unbranched alkanes of at least 4 members (excludes halogenated alkanes) is 6. The van der Waals surface area contributed by atoms with E-state index in [9.17, 15) is 0 Å². The first-order valence-corrected chi connectivity index (χ1v) is 17.8. The Labute approximate surface area is 238 Å². The van der Waals surface area contributed by atoms with E-state index in [0.717, 1.165) is 35.5 Å². The highest BCUT2D eigenvalue weighted by molar-refractivity contribution is 5.26. The number of hydrogen-bond acceptors (Lipinski definition) is 0. The summed E-state index contributed by atoms with van der Waals surface area (Å²) in [6.45, 7) is 4.65. The summed E-state index contributed by atoms with van der Waals surface area (Å²) in [5.74, 6) is 6.06. The minimum absolute atomic E-state index is 0.836. The molecule has 3 saturated carbocycles. The predicted molar refractivity (Wildman–Crippen MR) is 168 cm³/mol. The van der Waals surface area contributed by atoms with Crippen LogP contribution in [-0.4, -0.2) is 0 Å². The van der Waals surface area contributed by atoms with Crippen molar-refractivity contribution in [1.82, 2.24) is 0 Å². The Hall–Kier alpha value is -0.780. The van der Waals surface area contributed by atoms with Gasteiger partial charge in [-0.1, -0.05) is 128 Å². The van der Waals surface area contributed by atoms with Crippen LogP contribution in [0.4, 0.5) is 0 Å². The SMILES string of the molecule is CCCCCCC[C@H]1CC[C@H]([C@H]2CC[C@H](CCc3ccc([C@H]4CC[C@H](CCCCC)CC4)cc3)CC2)CC1. The first-order chi connectivity index (χ1) is 18.7. The third kappa shape index (κ3) is 10.0. The van der Waals surface area contributed by atoms with E-state index in [4.69, 9.17) is 0 Å². The zero-order valence-electron chi connectivity index (χ0n) is 25.7. The molecular weight excluding hydrogens is 456 g/mol. The zero-order chi connectivity index (χ0) is 26.4. The van der Waals surface area contributed by atoms with E-state index in [1.807, 2.05) is 0 Å². The van der Waals surface area contributed by atoms with Gasteiger partial charge in [0.15, 0.2) is 0 Å². The molecular formula is C38H64. The quantitative estimate of drug-likeness (QED) is 0.202. The molecule has 38 heavy (non-hydrogen) atoms. The molecule has 0 N–H and O–H groups in total. The second kappa shape index (κ2) is 17.1. The lowest BCUT2D eigenvalue weighted by molar-refractivity contribution is 0.140. The molecule has 0 spiro atoms. The summed E-state index contributed by atoms with van der Waals surface area (Å²) in [4.78, 5) is 0. The molecule has 0 radical (unpaired) electrons. The molecule has 0 heteroatoms. The largest absolute Gasteiger partial charge is 0.0654 e. The van der Waals surface area contributed by atoms with Crippen molar-refractivity contribution in [2.45, 2.75) is 174 Å². The van der Waals surface area contributed by atoms with E-state index in [2.05, 4.69) is 38.1 Å². The van der Waals surface area contributed by atoms with Crippen molar-refractivity contribution < 1.29 is 0 Å². The number of benzene rings is 1. The predicted octanol–water partition coefficient (Wildman–Crippen LogP) is 12.4. The summed E-state index contributed by atoms with van der Waals surface area (Å²) in [5, 5.41) is 0. The lowest BCUT2D eigenvalue weighted by atomic mass is 9.68. The van der Waals surface area contributed by atoms with Crippen LogP contribution in [0.5, 0.6) is 0 Å². The molecule has 4 rings (SSSR count). The molecule has 0 aromatic heterocycles. The van der Waals surface area contributed by atoms with Crippen LogP contribution < -0.4 is 0 Å². The highest BCUT2D eigenvalue weighted by Gasteiger charge is 2.30. The van der Waals surface area contributed by atoms with Gasteiger partial charge in [0.1, 0.15) is 0 Å². The van der Waals surface area contributed by atoms with Crippen molar-refractivity contribution in [3.05, 3.63) is 35.4 Å². The van der Waals surface area contributed by atoms with Crippen LogP contribution in [0.15, 0.2) is 24.3 Å². The summed E-state index contributed by atoms with van der Waals surface area (Å²) in [5.41, 5.74) is 3.23. The molecule has 0 bridgehead atoms. The molecule has 0 amide bonds. The second-order valence-corrected chi connectivity index (χ2v) is 14.3. The minimum atomic E-state index is 0.836. The standard InChI is InChI=1S/C38H64/c1-3-5-7-8-10-12-32-17-25-36(26-18-32)38-29-21-34(22-30-38)14-13-33-19-27-37(28-20-33)35-23-15-31(16-24-35)11-9-6-4-2/h19-20,27-28,31-32,34-36,38H,3-18,21-26,29-30H2,1-2H3/t31-,32-,34-,35-,36-,38-. The van der Waals surface area contributed by atoms with E-state index < -0.39 is 0 Å². The molecule has 0 atom stereocenters. The topological polar surface area (TPSA) is 0 Å². The minimum Gasteiger partial charge on any atom is -0.0654 e. The van der Waals surface area contributed by atoms with Gasteiger partial charge in [0.25, 0.3) is 0 Å². The van der Waals surface area contributed by atoms with Gasteiger partial charge in [-0.15, -0.1) is 0 Å². The maximum Gasteiger partial charge on any atom is -0.0162 e. The Morgan fingerprint density at radius 1 is 0.474 bits per heavy atom. The van der Waals surface area contributed by atoms with Crippen LogP contribution in [-0.2, 0) is 6.42 Å². The summed E-state index contributed by atoms with van der Waals surface area (Å²) in [6.07, 6.45) is 35.4.